The van der Waals surface area contributed by atoms with Gasteiger partial charge in [0.05, 0.1) is 18.1 Å². The average molecular weight is 348 g/mol. The lowest BCUT2D eigenvalue weighted by Gasteiger charge is -2.21. The second-order valence-corrected chi connectivity index (χ2v) is 5.86. The fourth-order valence-electron chi connectivity index (χ4n) is 2.02. The van der Waals surface area contributed by atoms with Crippen LogP contribution in [0.2, 0.25) is 0 Å². The smallest absolute Gasteiger partial charge is 0.422 e. The molecule has 1 aliphatic heterocycles. The van der Waals surface area contributed by atoms with Gasteiger partial charge >= 0.3 is 6.18 Å². The highest BCUT2D eigenvalue weighted by Gasteiger charge is 2.29. The number of ether oxygens (including phenoxy) is 2. The van der Waals surface area contributed by atoms with Crippen molar-refractivity contribution < 1.29 is 27.4 Å². The largest absolute Gasteiger partial charge is 0.493 e. The minimum absolute atomic E-state index is 0.00489. The minimum atomic E-state index is -4.43. The lowest BCUT2D eigenvalue weighted by molar-refractivity contribution is -0.153. The van der Waals surface area contributed by atoms with Crippen LogP contribution in [-0.4, -0.2) is 36.1 Å². The zero-order chi connectivity index (χ0) is 17.0. The molecule has 23 heavy (non-hydrogen) atoms. The molecule has 1 atom stereocenters. The SMILES string of the molecule is CCC1SC(=O)NN=C1c1ccc(OCC(F)(F)F)c(OC)c1. The fraction of sp³-hybridized carbons (Fsp3) is 0.429. The quantitative estimate of drug-likeness (QED) is 0.884. The van der Waals surface area contributed by atoms with Gasteiger partial charge in [-0.2, -0.15) is 18.3 Å². The summed E-state index contributed by atoms with van der Waals surface area (Å²) < 4.78 is 46.6. The molecule has 1 aromatic rings. The highest BCUT2D eigenvalue weighted by atomic mass is 32.2. The number of alkyl halides is 3. The van der Waals surface area contributed by atoms with Gasteiger partial charge in [0.2, 0.25) is 0 Å². The van der Waals surface area contributed by atoms with E-state index in [0.717, 1.165) is 11.8 Å². The van der Waals surface area contributed by atoms with E-state index in [-0.39, 0.29) is 22.0 Å². The van der Waals surface area contributed by atoms with E-state index in [0.29, 0.717) is 17.7 Å². The van der Waals surface area contributed by atoms with Gasteiger partial charge in [-0.25, -0.2) is 5.43 Å². The first-order valence-corrected chi connectivity index (χ1v) is 7.64. The number of rotatable bonds is 5. The van der Waals surface area contributed by atoms with Crippen LogP contribution in [0, 0.1) is 0 Å². The molecule has 0 spiro atoms. The number of methoxy groups -OCH3 is 1. The predicted octanol–water partition coefficient (Wildman–Crippen LogP) is 3.58. The number of carbonyl (C=O) groups is 1. The van der Waals surface area contributed by atoms with Gasteiger partial charge in [-0.3, -0.25) is 4.79 Å². The van der Waals surface area contributed by atoms with Crippen LogP contribution in [0.4, 0.5) is 18.0 Å². The first-order chi connectivity index (χ1) is 10.8. The third kappa shape index (κ3) is 4.54. The van der Waals surface area contributed by atoms with Crippen LogP contribution in [0.15, 0.2) is 23.3 Å². The molecule has 1 N–H and O–H groups in total. The maximum Gasteiger partial charge on any atom is 0.422 e. The Kier molecular flexibility index (Phi) is 5.40. The molecule has 1 aliphatic rings. The van der Waals surface area contributed by atoms with E-state index >= 15 is 0 Å². The standard InChI is InChI=1S/C14H15F3N2O3S/c1-3-11-12(18-19-13(20)23-11)8-4-5-9(10(6-8)21-2)22-7-14(15,16)17/h4-6,11H,3,7H2,1-2H3,(H,19,20). The molecule has 2 rings (SSSR count). The number of nitrogens with one attached hydrogen (secondary N) is 1. The van der Waals surface area contributed by atoms with Crippen molar-refractivity contribution in [2.45, 2.75) is 24.8 Å². The summed E-state index contributed by atoms with van der Waals surface area (Å²) in [7, 11) is 1.34. The minimum Gasteiger partial charge on any atom is -0.493 e. The number of amides is 1. The van der Waals surface area contributed by atoms with Crippen molar-refractivity contribution in [1.29, 1.82) is 0 Å². The Balaban J connectivity index is 2.26. The van der Waals surface area contributed by atoms with Gasteiger partial charge in [0, 0.05) is 5.56 Å². The van der Waals surface area contributed by atoms with Gasteiger partial charge in [-0.15, -0.1) is 0 Å². The molecule has 0 radical (unpaired) electrons. The average Bonchev–Trinajstić information content (AvgIpc) is 2.51. The zero-order valence-corrected chi connectivity index (χ0v) is 13.3. The number of hydrazone groups is 1. The molecule has 0 saturated heterocycles. The van der Waals surface area contributed by atoms with Crippen molar-refractivity contribution >= 4 is 22.7 Å². The second-order valence-electron chi connectivity index (χ2n) is 4.68. The summed E-state index contributed by atoms with van der Waals surface area (Å²) in [5.41, 5.74) is 3.67. The van der Waals surface area contributed by atoms with Gasteiger partial charge < -0.3 is 9.47 Å². The molecule has 0 saturated carbocycles. The van der Waals surface area contributed by atoms with Crippen LogP contribution in [0.5, 0.6) is 11.5 Å². The first kappa shape index (κ1) is 17.5. The molecule has 5 nitrogen and oxygen atoms in total. The van der Waals surface area contributed by atoms with Gasteiger partial charge in [-0.05, 0) is 24.6 Å². The monoisotopic (exact) mass is 348 g/mol. The molecule has 0 aliphatic carbocycles. The van der Waals surface area contributed by atoms with Gasteiger partial charge in [0.15, 0.2) is 18.1 Å². The zero-order valence-electron chi connectivity index (χ0n) is 12.4. The summed E-state index contributed by atoms with van der Waals surface area (Å²) in [5, 5.41) is 3.68. The van der Waals surface area contributed by atoms with Gasteiger partial charge in [0.25, 0.3) is 5.24 Å². The van der Waals surface area contributed by atoms with Gasteiger partial charge in [0.1, 0.15) is 0 Å². The Morgan fingerprint density at radius 2 is 2.09 bits per heavy atom. The van der Waals surface area contributed by atoms with Crippen LogP contribution >= 0.6 is 11.8 Å². The normalized spacial score (nSPS) is 18.2. The van der Waals surface area contributed by atoms with Crippen LogP contribution in [0.1, 0.15) is 18.9 Å². The Bertz CT molecular complexity index is 620. The molecular formula is C14H15F3N2O3S. The maximum atomic E-state index is 12.3. The number of halogens is 3. The van der Waals surface area contributed by atoms with E-state index in [4.69, 9.17) is 9.47 Å². The molecule has 0 bridgehead atoms. The van der Waals surface area contributed by atoms with E-state index in [2.05, 4.69) is 10.5 Å². The third-order valence-corrected chi connectivity index (χ3v) is 4.19. The molecule has 1 heterocycles. The van der Waals surface area contributed by atoms with Crippen LogP contribution in [0.25, 0.3) is 0 Å². The summed E-state index contributed by atoms with van der Waals surface area (Å²) in [6, 6.07) is 4.54. The van der Waals surface area contributed by atoms with Crippen LogP contribution < -0.4 is 14.9 Å². The number of nitrogens with zero attached hydrogens (tertiary/aromatic N) is 1. The lowest BCUT2D eigenvalue weighted by atomic mass is 10.0. The molecule has 9 heteroatoms. The Hall–Kier alpha value is -1.90. The Labute approximate surface area is 135 Å². The first-order valence-electron chi connectivity index (χ1n) is 6.76. The van der Waals surface area contributed by atoms with Crippen molar-refractivity contribution in [3.63, 3.8) is 0 Å². The summed E-state index contributed by atoms with van der Waals surface area (Å²) in [5.74, 6) is 0.168. The molecule has 1 amide bonds. The topological polar surface area (TPSA) is 59.9 Å². The number of thioether (sulfide) groups is 1. The van der Waals surface area contributed by atoms with Crippen molar-refractivity contribution in [2.24, 2.45) is 5.10 Å². The fourth-order valence-corrected chi connectivity index (χ4v) is 2.85. The molecule has 126 valence electrons. The molecule has 1 unspecified atom stereocenters. The Morgan fingerprint density at radius 3 is 2.70 bits per heavy atom. The summed E-state index contributed by atoms with van der Waals surface area (Å²) in [4.78, 5) is 11.4. The van der Waals surface area contributed by atoms with Crippen molar-refractivity contribution in [3.05, 3.63) is 23.8 Å². The molecule has 0 fully saturated rings. The predicted molar refractivity (Wildman–Crippen MR) is 81.3 cm³/mol. The Morgan fingerprint density at radius 1 is 1.35 bits per heavy atom. The lowest BCUT2D eigenvalue weighted by Crippen LogP contribution is -2.31. The molecule has 1 aromatic carbocycles. The van der Waals surface area contributed by atoms with Crippen LogP contribution in [0.3, 0.4) is 0 Å². The summed E-state index contributed by atoms with van der Waals surface area (Å²) in [6.45, 7) is 0.525. The highest BCUT2D eigenvalue weighted by Crippen LogP contribution is 2.32. The number of carbonyl (C=O) groups excluding carboxylic acids is 1. The van der Waals surface area contributed by atoms with Crippen molar-refractivity contribution in [3.8, 4) is 11.5 Å². The van der Waals surface area contributed by atoms with E-state index in [1.807, 2.05) is 6.92 Å². The van der Waals surface area contributed by atoms with E-state index < -0.39 is 12.8 Å². The maximum absolute atomic E-state index is 12.3. The van der Waals surface area contributed by atoms with E-state index in [1.54, 1.807) is 12.1 Å². The number of hydrogen-bond acceptors (Lipinski definition) is 5. The summed E-state index contributed by atoms with van der Waals surface area (Å²) >= 11 is 1.12. The van der Waals surface area contributed by atoms with E-state index in [9.17, 15) is 18.0 Å². The summed E-state index contributed by atoms with van der Waals surface area (Å²) in [6.07, 6.45) is -3.74. The number of benzene rings is 1. The van der Waals surface area contributed by atoms with Gasteiger partial charge in [-0.1, -0.05) is 18.7 Å². The number of hydrogen-bond donors (Lipinski definition) is 1. The van der Waals surface area contributed by atoms with Crippen LogP contribution in [-0.2, 0) is 0 Å². The molecule has 0 aromatic heterocycles. The third-order valence-electron chi connectivity index (χ3n) is 3.04. The second kappa shape index (κ2) is 7.12. The van der Waals surface area contributed by atoms with Crippen molar-refractivity contribution in [1.82, 2.24) is 5.43 Å². The molecular weight excluding hydrogens is 333 g/mol. The highest BCUT2D eigenvalue weighted by molar-refractivity contribution is 8.14. The van der Waals surface area contributed by atoms with E-state index in [1.165, 1.54) is 13.2 Å². The van der Waals surface area contributed by atoms with Crippen molar-refractivity contribution in [2.75, 3.05) is 13.7 Å².